The molecule has 0 bridgehead atoms. The van der Waals surface area contributed by atoms with E-state index in [9.17, 15) is 38.4 Å². The van der Waals surface area contributed by atoms with Crippen LogP contribution in [0.5, 0.6) is 0 Å². The molecule has 0 aromatic carbocycles. The van der Waals surface area contributed by atoms with Gasteiger partial charge in [-0.05, 0) is 51.4 Å². The molecule has 0 radical (unpaired) electrons. The van der Waals surface area contributed by atoms with Crippen LogP contribution in [0.2, 0.25) is 0 Å². The minimum atomic E-state index is -1.84. The van der Waals surface area contributed by atoms with E-state index in [-0.39, 0.29) is 51.4 Å². The van der Waals surface area contributed by atoms with Gasteiger partial charge in [0.2, 0.25) is 12.4 Å². The maximum atomic E-state index is 14.4. The lowest BCUT2D eigenvalue weighted by Crippen LogP contribution is -2.67. The average molecular weight is 1240 g/mol. The minimum absolute atomic E-state index is 0.00691. The van der Waals surface area contributed by atoms with Crippen molar-refractivity contribution >= 4 is 47.8 Å². The molecule has 0 aromatic rings. The Labute approximate surface area is 523 Å². The van der Waals surface area contributed by atoms with E-state index in [1.165, 1.54) is 0 Å². The lowest BCUT2D eigenvalue weighted by Gasteiger charge is -2.48. The van der Waals surface area contributed by atoms with E-state index in [0.717, 1.165) is 141 Å². The van der Waals surface area contributed by atoms with Crippen molar-refractivity contribution in [1.82, 2.24) is 0 Å². The van der Waals surface area contributed by atoms with E-state index < -0.39 is 122 Å². The Kier molecular flexibility index (Phi) is 45.6. The van der Waals surface area contributed by atoms with Crippen molar-refractivity contribution in [2.24, 2.45) is 0 Å². The van der Waals surface area contributed by atoms with Crippen LogP contribution in [0.4, 0.5) is 0 Å². The van der Waals surface area contributed by atoms with E-state index >= 15 is 0 Å². The van der Waals surface area contributed by atoms with Crippen LogP contribution in [-0.2, 0) is 90.5 Å². The Morgan fingerprint density at radius 2 is 0.471 bits per heavy atom. The van der Waals surface area contributed by atoms with Crippen LogP contribution in [0, 0.1) is 0 Å². The number of ether oxygens (including phenoxy) is 11. The Hall–Kier alpha value is -4.36. The number of rotatable bonds is 52. The number of carbonyl (C=O) groups is 8. The highest BCUT2D eigenvalue weighted by Crippen LogP contribution is 2.37. The maximum absolute atomic E-state index is 14.4. The molecule has 0 saturated carbocycles. The Balaban J connectivity index is 3.11. The molecule has 19 heteroatoms. The van der Waals surface area contributed by atoms with Gasteiger partial charge in [0.05, 0.1) is 0 Å². The monoisotopic (exact) mass is 1240 g/mol. The van der Waals surface area contributed by atoms with Crippen LogP contribution in [-0.4, -0.2) is 122 Å². The SMILES string of the molecule is CCCCCCC(=O)OC[C@H]1O[C@@H](O[C@H]2[C@H](OC(=O)CCCCCC)[C@@H](OC(=O)CCCCCC)[C@H](OC(=O)CCCCCC)O[C@@H]2COC(=O)CCCCCC)[C@H](OC(=O)CCCCCC)[C@@H](OC(=O)CCCCCC)[C@@H]1OC(=O)CCCCCC. The summed E-state index contributed by atoms with van der Waals surface area (Å²) >= 11 is 0. The van der Waals surface area contributed by atoms with Gasteiger partial charge in [-0.25, -0.2) is 0 Å². The first-order valence-electron chi connectivity index (χ1n) is 34.6. The second-order valence-electron chi connectivity index (χ2n) is 23.8. The summed E-state index contributed by atoms with van der Waals surface area (Å²) in [5.74, 6) is -5.29. The van der Waals surface area contributed by atoms with Crippen LogP contribution in [0.15, 0.2) is 0 Å². The van der Waals surface area contributed by atoms with Crippen molar-refractivity contribution in [3.63, 3.8) is 0 Å². The van der Waals surface area contributed by atoms with E-state index in [0.29, 0.717) is 64.2 Å². The topological polar surface area (TPSA) is 238 Å². The van der Waals surface area contributed by atoms with Gasteiger partial charge in [-0.3, -0.25) is 38.4 Å². The van der Waals surface area contributed by atoms with E-state index in [2.05, 4.69) is 20.8 Å². The summed E-state index contributed by atoms with van der Waals surface area (Å²) in [6.45, 7) is 15.3. The van der Waals surface area contributed by atoms with Gasteiger partial charge in [0.25, 0.3) is 0 Å². The van der Waals surface area contributed by atoms with Crippen LogP contribution in [0.25, 0.3) is 0 Å². The average Bonchev–Trinajstić information content (AvgIpc) is 1.17. The first kappa shape index (κ1) is 78.7. The summed E-state index contributed by atoms with van der Waals surface area (Å²) in [4.78, 5) is 112. The maximum Gasteiger partial charge on any atom is 0.308 e. The van der Waals surface area contributed by atoms with Crippen molar-refractivity contribution in [2.45, 2.75) is 374 Å². The van der Waals surface area contributed by atoms with Gasteiger partial charge in [-0.15, -0.1) is 0 Å². The van der Waals surface area contributed by atoms with Gasteiger partial charge in [-0.2, -0.15) is 0 Å². The molecule has 10 atom stereocenters. The molecule has 2 fully saturated rings. The van der Waals surface area contributed by atoms with Gasteiger partial charge in [0.15, 0.2) is 30.7 Å². The molecule has 0 amide bonds. The predicted molar refractivity (Wildman–Crippen MR) is 330 cm³/mol. The fourth-order valence-corrected chi connectivity index (χ4v) is 10.5. The first-order chi connectivity index (χ1) is 42.2. The normalized spacial score (nSPS) is 21.7. The molecule has 0 aromatic heterocycles. The molecule has 87 heavy (non-hydrogen) atoms. The molecule has 2 aliphatic heterocycles. The largest absolute Gasteiger partial charge is 0.463 e. The highest BCUT2D eigenvalue weighted by Gasteiger charge is 2.58. The first-order valence-corrected chi connectivity index (χ1v) is 34.6. The molecule has 2 heterocycles. The molecule has 504 valence electrons. The summed E-state index contributed by atoms with van der Waals surface area (Å²) in [6, 6.07) is 0. The number of hydrogen-bond acceptors (Lipinski definition) is 19. The molecule has 19 nitrogen and oxygen atoms in total. The second kappa shape index (κ2) is 50.4. The van der Waals surface area contributed by atoms with Gasteiger partial charge in [0, 0.05) is 51.4 Å². The molecule has 0 N–H and O–H groups in total. The third-order valence-corrected chi connectivity index (χ3v) is 15.8. The van der Waals surface area contributed by atoms with Crippen molar-refractivity contribution in [1.29, 1.82) is 0 Å². The number of unbranched alkanes of at least 4 members (excludes halogenated alkanes) is 24. The van der Waals surface area contributed by atoms with Crippen molar-refractivity contribution in [3.05, 3.63) is 0 Å². The molecule has 0 spiro atoms. The van der Waals surface area contributed by atoms with Crippen LogP contribution >= 0.6 is 0 Å². The lowest BCUT2D eigenvalue weighted by molar-refractivity contribution is -0.358. The smallest absolute Gasteiger partial charge is 0.308 e. The Morgan fingerprint density at radius 1 is 0.241 bits per heavy atom. The second-order valence-corrected chi connectivity index (χ2v) is 23.8. The van der Waals surface area contributed by atoms with Crippen LogP contribution in [0.3, 0.4) is 0 Å². The fraction of sp³-hybridized carbons (Fsp3) is 0.882. The molecule has 2 aliphatic rings. The van der Waals surface area contributed by atoms with Crippen molar-refractivity contribution < 1.29 is 90.5 Å². The third-order valence-electron chi connectivity index (χ3n) is 15.8. The van der Waals surface area contributed by atoms with Crippen molar-refractivity contribution in [2.75, 3.05) is 13.2 Å². The zero-order valence-electron chi connectivity index (χ0n) is 55.2. The number of hydrogen-bond donors (Lipinski definition) is 0. The summed E-state index contributed by atoms with van der Waals surface area (Å²) in [5, 5.41) is 0. The van der Waals surface area contributed by atoms with Gasteiger partial charge < -0.3 is 52.1 Å². The highest BCUT2D eigenvalue weighted by atomic mass is 16.8. The Bertz CT molecular complexity index is 1880. The van der Waals surface area contributed by atoms with Gasteiger partial charge >= 0.3 is 47.8 Å². The Morgan fingerprint density at radius 3 is 0.782 bits per heavy atom. The zero-order chi connectivity index (χ0) is 63.9. The summed E-state index contributed by atoms with van der Waals surface area (Å²) in [6.07, 6.45) is 7.69. The van der Waals surface area contributed by atoms with E-state index in [4.69, 9.17) is 52.1 Å². The van der Waals surface area contributed by atoms with Crippen LogP contribution in [0.1, 0.15) is 312 Å². The number of carbonyl (C=O) groups excluding carboxylic acids is 8. The molecule has 2 rings (SSSR count). The lowest BCUT2D eigenvalue weighted by atomic mass is 9.95. The quantitative estimate of drug-likeness (QED) is 0.0312. The fourth-order valence-electron chi connectivity index (χ4n) is 10.5. The molecular formula is C68H118O19. The molecule has 0 aliphatic carbocycles. The summed E-state index contributed by atoms with van der Waals surface area (Å²) in [5.41, 5.74) is 0. The minimum Gasteiger partial charge on any atom is -0.463 e. The highest BCUT2D eigenvalue weighted by molar-refractivity contribution is 5.73. The van der Waals surface area contributed by atoms with Gasteiger partial charge in [0.1, 0.15) is 31.5 Å². The zero-order valence-corrected chi connectivity index (χ0v) is 55.2. The molecule has 2 saturated heterocycles. The van der Waals surface area contributed by atoms with Gasteiger partial charge in [-0.1, -0.05) is 209 Å². The molecule has 0 unspecified atom stereocenters. The number of esters is 8. The third kappa shape index (κ3) is 35.0. The summed E-state index contributed by atoms with van der Waals surface area (Å²) < 4.78 is 70.2. The summed E-state index contributed by atoms with van der Waals surface area (Å²) in [7, 11) is 0. The molecular weight excluding hydrogens is 1120 g/mol. The van der Waals surface area contributed by atoms with E-state index in [1.54, 1.807) is 0 Å². The standard InChI is InChI=1S/C68H118O19/c1-9-17-25-33-41-53(69)77-49-51-61(81-55(71)43-35-27-19-11-3)63(82-56(72)44-36-28-20-12-4)66(85-59(75)47-39-31-23-15-7)68(80-51)87-62-52(50-78-54(70)42-34-26-18-10-2)79-67(86-60(76)48-40-32-24-16-8)65(84-58(74)46-38-30-22-14-6)64(62)83-57(73)45-37-29-21-13-5/h51-52,61-68H,9-50H2,1-8H3/t51-,52-,61-,62-,63+,64+,65-,66-,67+,68+/m1/s1. The van der Waals surface area contributed by atoms with E-state index in [1.807, 2.05) is 34.6 Å². The predicted octanol–water partition coefficient (Wildman–Crippen LogP) is 14.8. The van der Waals surface area contributed by atoms with Crippen molar-refractivity contribution in [3.8, 4) is 0 Å². The van der Waals surface area contributed by atoms with Crippen LogP contribution < -0.4 is 0 Å².